The average molecular weight is 274 g/mol. The van der Waals surface area contributed by atoms with Crippen LogP contribution >= 0.6 is 0 Å². The fraction of sp³-hybridized carbons (Fsp3) is 0.467. The second-order valence-corrected chi connectivity index (χ2v) is 5.43. The van der Waals surface area contributed by atoms with E-state index in [1.165, 1.54) is 0 Å². The molecule has 5 nitrogen and oxygen atoms in total. The summed E-state index contributed by atoms with van der Waals surface area (Å²) in [6.45, 7) is 7.02. The first-order valence-electron chi connectivity index (χ1n) is 6.85. The molecule has 0 saturated heterocycles. The van der Waals surface area contributed by atoms with Crippen molar-refractivity contribution in [2.45, 2.75) is 32.9 Å². The first-order chi connectivity index (χ1) is 9.45. The number of aryl methyl sites for hydroxylation is 1. The van der Waals surface area contributed by atoms with Gasteiger partial charge in [0.25, 0.3) is 0 Å². The molecule has 1 heterocycles. The van der Waals surface area contributed by atoms with Gasteiger partial charge in [0.2, 0.25) is 5.91 Å². The third-order valence-electron chi connectivity index (χ3n) is 3.66. The maximum absolute atomic E-state index is 12.0. The largest absolute Gasteiger partial charge is 0.353 e. The zero-order chi connectivity index (χ0) is 14.8. The van der Waals surface area contributed by atoms with Gasteiger partial charge >= 0.3 is 0 Å². The van der Waals surface area contributed by atoms with Crippen LogP contribution in [0.1, 0.15) is 19.7 Å². The molecule has 20 heavy (non-hydrogen) atoms. The van der Waals surface area contributed by atoms with Gasteiger partial charge in [0.15, 0.2) is 0 Å². The van der Waals surface area contributed by atoms with Gasteiger partial charge in [-0.05, 0) is 40.0 Å². The summed E-state index contributed by atoms with van der Waals surface area (Å²) in [5.41, 5.74) is 1.55. The Bertz CT molecular complexity index is 615. The second kappa shape index (κ2) is 5.63. The molecule has 5 heteroatoms. The number of para-hydroxylation sites is 2. The van der Waals surface area contributed by atoms with E-state index >= 15 is 0 Å². The molecule has 0 aliphatic heterocycles. The van der Waals surface area contributed by atoms with E-state index in [2.05, 4.69) is 26.3 Å². The SMILES string of the molecule is CNC(C)(C)C(=O)NCCn1c(C)nc2ccccc21. The van der Waals surface area contributed by atoms with Crippen molar-refractivity contribution in [3.05, 3.63) is 30.1 Å². The van der Waals surface area contributed by atoms with Crippen LogP contribution in [0.15, 0.2) is 24.3 Å². The number of likely N-dealkylation sites (N-methyl/N-ethyl adjacent to an activating group) is 1. The van der Waals surface area contributed by atoms with Crippen molar-refractivity contribution in [2.75, 3.05) is 13.6 Å². The molecule has 0 radical (unpaired) electrons. The summed E-state index contributed by atoms with van der Waals surface area (Å²) in [6.07, 6.45) is 0. The number of hydrogen-bond acceptors (Lipinski definition) is 3. The van der Waals surface area contributed by atoms with Crippen molar-refractivity contribution < 1.29 is 4.79 Å². The average Bonchev–Trinajstić information content (AvgIpc) is 2.75. The van der Waals surface area contributed by atoms with Crippen molar-refractivity contribution in [1.29, 1.82) is 0 Å². The lowest BCUT2D eigenvalue weighted by molar-refractivity contribution is -0.126. The number of nitrogens with zero attached hydrogens (tertiary/aromatic N) is 2. The molecular weight excluding hydrogens is 252 g/mol. The van der Waals surface area contributed by atoms with Crippen LogP contribution in [0.5, 0.6) is 0 Å². The molecule has 0 saturated carbocycles. The van der Waals surface area contributed by atoms with Gasteiger partial charge in [-0.25, -0.2) is 4.98 Å². The summed E-state index contributed by atoms with van der Waals surface area (Å²) in [7, 11) is 1.78. The minimum Gasteiger partial charge on any atom is -0.353 e. The topological polar surface area (TPSA) is 59.0 Å². The van der Waals surface area contributed by atoms with Crippen LogP contribution in [0.4, 0.5) is 0 Å². The minimum atomic E-state index is -0.550. The quantitative estimate of drug-likeness (QED) is 0.868. The highest BCUT2D eigenvalue weighted by Crippen LogP contribution is 2.14. The molecule has 0 unspecified atom stereocenters. The Morgan fingerprint density at radius 3 is 2.75 bits per heavy atom. The number of amides is 1. The lowest BCUT2D eigenvalue weighted by Gasteiger charge is -2.22. The van der Waals surface area contributed by atoms with Gasteiger partial charge in [0.1, 0.15) is 5.82 Å². The van der Waals surface area contributed by atoms with Gasteiger partial charge < -0.3 is 15.2 Å². The third kappa shape index (κ3) is 2.82. The lowest BCUT2D eigenvalue weighted by Crippen LogP contribution is -2.51. The minimum absolute atomic E-state index is 0.00192. The van der Waals surface area contributed by atoms with E-state index in [9.17, 15) is 4.79 Å². The van der Waals surface area contributed by atoms with E-state index < -0.39 is 5.54 Å². The second-order valence-electron chi connectivity index (χ2n) is 5.43. The van der Waals surface area contributed by atoms with Gasteiger partial charge in [-0.2, -0.15) is 0 Å². The number of nitrogens with one attached hydrogen (secondary N) is 2. The number of hydrogen-bond donors (Lipinski definition) is 2. The van der Waals surface area contributed by atoms with Gasteiger partial charge in [-0.15, -0.1) is 0 Å². The van der Waals surface area contributed by atoms with E-state index in [0.29, 0.717) is 6.54 Å². The number of fused-ring (bicyclic) bond motifs is 1. The maximum Gasteiger partial charge on any atom is 0.239 e. The summed E-state index contributed by atoms with van der Waals surface area (Å²) >= 11 is 0. The van der Waals surface area contributed by atoms with E-state index in [0.717, 1.165) is 23.4 Å². The van der Waals surface area contributed by atoms with Crippen molar-refractivity contribution >= 4 is 16.9 Å². The molecule has 0 aliphatic carbocycles. The highest BCUT2D eigenvalue weighted by Gasteiger charge is 2.24. The first-order valence-corrected chi connectivity index (χ1v) is 6.85. The van der Waals surface area contributed by atoms with Gasteiger partial charge in [-0.1, -0.05) is 12.1 Å². The number of aromatic nitrogens is 2. The highest BCUT2D eigenvalue weighted by atomic mass is 16.2. The molecule has 1 aromatic heterocycles. The fourth-order valence-electron chi connectivity index (χ4n) is 2.09. The normalized spacial score (nSPS) is 11.8. The molecule has 2 rings (SSSR count). The van der Waals surface area contributed by atoms with Crippen molar-refractivity contribution in [2.24, 2.45) is 0 Å². The van der Waals surface area contributed by atoms with Crippen LogP contribution in [0.25, 0.3) is 11.0 Å². The number of carbonyl (C=O) groups is 1. The Kier molecular flexibility index (Phi) is 4.09. The Balaban J connectivity index is 2.03. The van der Waals surface area contributed by atoms with Crippen molar-refractivity contribution in [1.82, 2.24) is 20.2 Å². The molecule has 0 fully saturated rings. The van der Waals surface area contributed by atoms with Crippen molar-refractivity contribution in [3.8, 4) is 0 Å². The number of carbonyl (C=O) groups excluding carboxylic acids is 1. The maximum atomic E-state index is 12.0. The van der Waals surface area contributed by atoms with Crippen LogP contribution in [0.3, 0.4) is 0 Å². The zero-order valence-corrected chi connectivity index (χ0v) is 12.5. The molecule has 108 valence electrons. The van der Waals surface area contributed by atoms with Crippen LogP contribution in [0, 0.1) is 6.92 Å². The third-order valence-corrected chi connectivity index (χ3v) is 3.66. The predicted molar refractivity (Wildman–Crippen MR) is 80.6 cm³/mol. The van der Waals surface area contributed by atoms with Crippen molar-refractivity contribution in [3.63, 3.8) is 0 Å². The standard InChI is InChI=1S/C15H22N4O/c1-11-18-12-7-5-6-8-13(12)19(11)10-9-17-14(20)15(2,3)16-4/h5-8,16H,9-10H2,1-4H3,(H,17,20). The van der Waals surface area contributed by atoms with E-state index in [1.807, 2.05) is 39.0 Å². The smallest absolute Gasteiger partial charge is 0.239 e. The molecule has 0 aliphatic rings. The Labute approximate surface area is 119 Å². The monoisotopic (exact) mass is 274 g/mol. The molecule has 0 spiro atoms. The molecule has 1 amide bonds. The van der Waals surface area contributed by atoms with Crippen LogP contribution < -0.4 is 10.6 Å². The Hall–Kier alpha value is -1.88. The molecule has 0 atom stereocenters. The summed E-state index contributed by atoms with van der Waals surface area (Å²) in [5, 5.41) is 5.95. The fourth-order valence-corrected chi connectivity index (χ4v) is 2.09. The van der Waals surface area contributed by atoms with E-state index in [4.69, 9.17) is 0 Å². The molecule has 0 bridgehead atoms. The lowest BCUT2D eigenvalue weighted by atomic mass is 10.1. The molecular formula is C15H22N4O. The van der Waals surface area contributed by atoms with E-state index in [-0.39, 0.29) is 5.91 Å². The highest BCUT2D eigenvalue weighted by molar-refractivity contribution is 5.85. The number of rotatable bonds is 5. The summed E-state index contributed by atoms with van der Waals surface area (Å²) in [4.78, 5) is 16.5. The van der Waals surface area contributed by atoms with Gasteiger partial charge in [0, 0.05) is 13.1 Å². The number of imidazole rings is 1. The zero-order valence-electron chi connectivity index (χ0n) is 12.5. The first kappa shape index (κ1) is 14.5. The summed E-state index contributed by atoms with van der Waals surface area (Å²) in [6, 6.07) is 8.04. The van der Waals surface area contributed by atoms with Gasteiger partial charge in [-0.3, -0.25) is 4.79 Å². The Morgan fingerprint density at radius 1 is 1.35 bits per heavy atom. The Morgan fingerprint density at radius 2 is 2.05 bits per heavy atom. The van der Waals surface area contributed by atoms with E-state index in [1.54, 1.807) is 7.05 Å². The van der Waals surface area contributed by atoms with Crippen LogP contribution in [0.2, 0.25) is 0 Å². The van der Waals surface area contributed by atoms with Gasteiger partial charge in [0.05, 0.1) is 16.6 Å². The number of benzene rings is 1. The molecule has 2 aromatic rings. The molecule has 2 N–H and O–H groups in total. The predicted octanol–water partition coefficient (Wildman–Crippen LogP) is 1.46. The summed E-state index contributed by atoms with van der Waals surface area (Å²) in [5.74, 6) is 0.968. The van der Waals surface area contributed by atoms with Crippen LogP contribution in [-0.2, 0) is 11.3 Å². The van der Waals surface area contributed by atoms with Crippen LogP contribution in [-0.4, -0.2) is 34.6 Å². The molecule has 1 aromatic carbocycles. The summed E-state index contributed by atoms with van der Waals surface area (Å²) < 4.78 is 2.13.